The number of carbonyl (C=O) groups is 1. The second-order valence-electron chi connectivity index (χ2n) is 4.40. The minimum Gasteiger partial charge on any atom is -0.351 e. The highest BCUT2D eigenvalue weighted by molar-refractivity contribution is 5.85. The Labute approximate surface area is 75.7 Å². The third-order valence-electron chi connectivity index (χ3n) is 1.95. The molecule has 1 N–H and O–H groups in total. The zero-order valence-corrected chi connectivity index (χ0v) is 9.12. The molecule has 72 valence electrons. The molecule has 0 atom stereocenters. The molecule has 1 heterocycles. The minimum absolute atomic E-state index is 0.000579. The van der Waals surface area contributed by atoms with E-state index >= 15 is 0 Å². The summed E-state index contributed by atoms with van der Waals surface area (Å²) in [5.41, 5.74) is -0.163. The van der Waals surface area contributed by atoms with Crippen molar-refractivity contribution in [2.45, 2.75) is 53.5 Å². The highest BCUT2D eigenvalue weighted by Crippen LogP contribution is 2.34. The number of nitrogens with one attached hydrogen (secondary N) is 1. The van der Waals surface area contributed by atoms with Gasteiger partial charge in [-0.3, -0.25) is 4.79 Å². The van der Waals surface area contributed by atoms with Crippen LogP contribution in [0.1, 0.15) is 48.0 Å². The van der Waals surface area contributed by atoms with E-state index < -0.39 is 0 Å². The molecule has 1 aliphatic heterocycles. The summed E-state index contributed by atoms with van der Waals surface area (Å²) in [4.78, 5) is 11.2. The zero-order valence-electron chi connectivity index (χ0n) is 9.12. The Morgan fingerprint density at radius 2 is 1.58 bits per heavy atom. The molecule has 12 heavy (non-hydrogen) atoms. The molecule has 0 spiro atoms. The molecule has 1 rings (SSSR count). The molecule has 1 amide bonds. The first kappa shape index (κ1) is 11.5. The first-order valence-corrected chi connectivity index (χ1v) is 4.66. The van der Waals surface area contributed by atoms with Gasteiger partial charge in [0.25, 0.3) is 0 Å². The average molecular weight is 171 g/mol. The predicted octanol–water partition coefficient (Wildman–Crippen LogP) is 2.34. The highest BCUT2D eigenvalue weighted by atomic mass is 16.2. The molecule has 0 bridgehead atoms. The van der Waals surface area contributed by atoms with Crippen LogP contribution in [0.4, 0.5) is 0 Å². The summed E-state index contributed by atoms with van der Waals surface area (Å²) in [5, 5.41) is 2.94. The van der Waals surface area contributed by atoms with Crippen molar-refractivity contribution in [3.8, 4) is 0 Å². The van der Waals surface area contributed by atoms with Gasteiger partial charge in [-0.2, -0.15) is 0 Å². The van der Waals surface area contributed by atoms with E-state index in [-0.39, 0.29) is 16.9 Å². The van der Waals surface area contributed by atoms with E-state index in [9.17, 15) is 4.79 Å². The van der Waals surface area contributed by atoms with Crippen molar-refractivity contribution in [3.63, 3.8) is 0 Å². The van der Waals surface area contributed by atoms with Crippen LogP contribution in [-0.2, 0) is 4.79 Å². The van der Waals surface area contributed by atoms with Crippen molar-refractivity contribution in [2.75, 3.05) is 0 Å². The van der Waals surface area contributed by atoms with Gasteiger partial charge in [-0.05, 0) is 20.3 Å². The summed E-state index contributed by atoms with van der Waals surface area (Å²) in [6, 6.07) is 0. The molecular formula is C10H21NO. The van der Waals surface area contributed by atoms with Crippen LogP contribution in [0.15, 0.2) is 0 Å². The van der Waals surface area contributed by atoms with Gasteiger partial charge in [0.2, 0.25) is 5.91 Å². The van der Waals surface area contributed by atoms with Gasteiger partial charge in [-0.15, -0.1) is 0 Å². The molecule has 0 radical (unpaired) electrons. The van der Waals surface area contributed by atoms with Crippen LogP contribution in [-0.4, -0.2) is 11.4 Å². The molecule has 2 nitrogen and oxygen atoms in total. The van der Waals surface area contributed by atoms with Crippen LogP contribution in [0.5, 0.6) is 0 Å². The SMILES string of the molecule is CC.CC1(C)CC(C)(C)C(=O)N1. The Bertz CT molecular complexity index is 171. The second-order valence-corrected chi connectivity index (χ2v) is 4.40. The molecule has 0 unspecified atom stereocenters. The number of carbonyl (C=O) groups excluding carboxylic acids is 1. The van der Waals surface area contributed by atoms with Gasteiger partial charge >= 0.3 is 0 Å². The maximum atomic E-state index is 11.2. The van der Waals surface area contributed by atoms with Crippen LogP contribution >= 0.6 is 0 Å². The fraction of sp³-hybridized carbons (Fsp3) is 0.900. The summed E-state index contributed by atoms with van der Waals surface area (Å²) in [5.74, 6) is 0.178. The van der Waals surface area contributed by atoms with E-state index in [1.165, 1.54) is 0 Å². The maximum Gasteiger partial charge on any atom is 0.226 e. The van der Waals surface area contributed by atoms with Crippen molar-refractivity contribution >= 4 is 5.91 Å². The van der Waals surface area contributed by atoms with Gasteiger partial charge in [-0.1, -0.05) is 27.7 Å². The van der Waals surface area contributed by atoms with Gasteiger partial charge < -0.3 is 5.32 Å². The van der Waals surface area contributed by atoms with Crippen LogP contribution in [0.2, 0.25) is 0 Å². The summed E-state index contributed by atoms with van der Waals surface area (Å²) < 4.78 is 0. The quantitative estimate of drug-likeness (QED) is 0.595. The Balaban J connectivity index is 0.000000561. The first-order valence-electron chi connectivity index (χ1n) is 4.66. The lowest BCUT2D eigenvalue weighted by atomic mass is 9.85. The summed E-state index contributed by atoms with van der Waals surface area (Å²) in [7, 11) is 0. The number of hydrogen-bond donors (Lipinski definition) is 1. The van der Waals surface area contributed by atoms with Crippen LogP contribution in [0, 0.1) is 5.41 Å². The van der Waals surface area contributed by atoms with Crippen molar-refractivity contribution in [1.82, 2.24) is 5.32 Å². The molecule has 0 saturated carbocycles. The average Bonchev–Trinajstić information content (AvgIpc) is 2.05. The number of amides is 1. The lowest BCUT2D eigenvalue weighted by molar-refractivity contribution is -0.126. The van der Waals surface area contributed by atoms with Crippen molar-refractivity contribution in [2.24, 2.45) is 5.41 Å². The molecule has 2 heteroatoms. The third-order valence-corrected chi connectivity index (χ3v) is 1.95. The summed E-state index contributed by atoms with van der Waals surface area (Å²) in [6.07, 6.45) is 0.929. The molecule has 0 aromatic heterocycles. The largest absolute Gasteiger partial charge is 0.351 e. The second kappa shape index (κ2) is 3.46. The Kier molecular flexibility index (Phi) is 3.31. The third kappa shape index (κ3) is 2.50. The van der Waals surface area contributed by atoms with Gasteiger partial charge in [0.1, 0.15) is 0 Å². The van der Waals surface area contributed by atoms with Crippen LogP contribution in [0.3, 0.4) is 0 Å². The van der Waals surface area contributed by atoms with Gasteiger partial charge in [0.05, 0.1) is 0 Å². The maximum absolute atomic E-state index is 11.2. The van der Waals surface area contributed by atoms with Gasteiger partial charge in [0, 0.05) is 11.0 Å². The number of hydrogen-bond acceptors (Lipinski definition) is 1. The fourth-order valence-corrected chi connectivity index (χ4v) is 1.71. The monoisotopic (exact) mass is 171 g/mol. The topological polar surface area (TPSA) is 29.1 Å². The van der Waals surface area contributed by atoms with Gasteiger partial charge in [-0.25, -0.2) is 0 Å². The van der Waals surface area contributed by atoms with Crippen molar-refractivity contribution < 1.29 is 4.79 Å². The molecule has 0 aliphatic carbocycles. The lowest BCUT2D eigenvalue weighted by Gasteiger charge is -2.17. The van der Waals surface area contributed by atoms with E-state index in [1.807, 2.05) is 27.7 Å². The van der Waals surface area contributed by atoms with E-state index in [2.05, 4.69) is 19.2 Å². The minimum atomic E-state index is -0.163. The smallest absolute Gasteiger partial charge is 0.226 e. The van der Waals surface area contributed by atoms with Gasteiger partial charge in [0.15, 0.2) is 0 Å². The number of rotatable bonds is 0. The Morgan fingerprint density at radius 3 is 1.67 bits per heavy atom. The normalized spacial score (nSPS) is 24.0. The van der Waals surface area contributed by atoms with E-state index in [1.54, 1.807) is 0 Å². The van der Waals surface area contributed by atoms with E-state index in [0.29, 0.717) is 0 Å². The first-order chi connectivity index (χ1) is 5.33. The van der Waals surface area contributed by atoms with Crippen LogP contribution in [0.25, 0.3) is 0 Å². The molecule has 1 saturated heterocycles. The van der Waals surface area contributed by atoms with E-state index in [0.717, 1.165) is 6.42 Å². The predicted molar refractivity (Wildman–Crippen MR) is 52.0 cm³/mol. The Hall–Kier alpha value is -0.530. The van der Waals surface area contributed by atoms with Crippen molar-refractivity contribution in [1.29, 1.82) is 0 Å². The highest BCUT2D eigenvalue weighted by Gasteiger charge is 2.43. The van der Waals surface area contributed by atoms with Crippen LogP contribution < -0.4 is 5.32 Å². The molecule has 1 aliphatic rings. The standard InChI is InChI=1S/C8H15NO.C2H6/c1-7(2)5-8(3,4)9-6(7)10;1-2/h5H2,1-4H3,(H,9,10);1-2H3. The summed E-state index contributed by atoms with van der Waals surface area (Å²) in [6.45, 7) is 12.1. The summed E-state index contributed by atoms with van der Waals surface area (Å²) >= 11 is 0. The van der Waals surface area contributed by atoms with E-state index in [4.69, 9.17) is 0 Å². The molecular weight excluding hydrogens is 150 g/mol. The zero-order chi connectivity index (χ0) is 9.99. The molecule has 1 fully saturated rings. The Morgan fingerprint density at radius 1 is 1.17 bits per heavy atom. The lowest BCUT2D eigenvalue weighted by Crippen LogP contribution is -2.35. The molecule has 0 aromatic carbocycles. The fourth-order valence-electron chi connectivity index (χ4n) is 1.71. The van der Waals surface area contributed by atoms with Crippen molar-refractivity contribution in [3.05, 3.63) is 0 Å². The molecule has 0 aromatic rings.